The minimum atomic E-state index is -1.56. The minimum absolute atomic E-state index is 0.0923. The number of hydrogen-bond donors (Lipinski definition) is 2. The number of anilines is 2. The molecule has 0 radical (unpaired) electrons. The van der Waals surface area contributed by atoms with E-state index in [4.69, 9.17) is 44.3 Å². The van der Waals surface area contributed by atoms with Crippen LogP contribution >= 0.6 is 34.8 Å². The molecule has 54 heavy (non-hydrogen) atoms. The average Bonchev–Trinajstić information content (AvgIpc) is 3.54. The number of benzene rings is 4. The van der Waals surface area contributed by atoms with Gasteiger partial charge in [-0.25, -0.2) is 0 Å². The van der Waals surface area contributed by atoms with Crippen molar-refractivity contribution in [1.82, 2.24) is 5.01 Å². The number of carbonyl (C=O) groups is 4. The monoisotopic (exact) mass is 785 g/mol. The summed E-state index contributed by atoms with van der Waals surface area (Å²) in [5.74, 6) is -5.04. The summed E-state index contributed by atoms with van der Waals surface area (Å²) in [6.07, 6.45) is 2.30. The summed E-state index contributed by atoms with van der Waals surface area (Å²) in [5.41, 5.74) is 4.02. The van der Waals surface area contributed by atoms with E-state index in [2.05, 4.69) is 5.43 Å². The number of aromatic hydroxyl groups is 1. The van der Waals surface area contributed by atoms with Gasteiger partial charge in [0.1, 0.15) is 5.75 Å². The molecule has 1 saturated carbocycles. The predicted molar refractivity (Wildman–Crippen MR) is 204 cm³/mol. The first-order valence-electron chi connectivity index (χ1n) is 17.5. The maximum atomic E-state index is 15.4. The maximum absolute atomic E-state index is 15.4. The van der Waals surface area contributed by atoms with Crippen molar-refractivity contribution in [3.8, 4) is 17.2 Å². The number of allylic oxidation sites excluding steroid dienone is 2. The Morgan fingerprint density at radius 2 is 1.57 bits per heavy atom. The number of methoxy groups -OCH3 is 1. The van der Waals surface area contributed by atoms with E-state index in [0.717, 1.165) is 10.6 Å². The molecule has 3 fully saturated rings. The first-order chi connectivity index (χ1) is 26.0. The topological polar surface area (TPSA) is 125 Å². The SMILES string of the molecule is CCOc1cc([C@H]2C3=CC[C@@H]4C(=O)N(c5ccc(Cl)cc5)C(=O)[C@@H]4[C@@H]3C[C@H]3C(=O)N(Nc4ccc(Cl)cc4Cl)C(=O)[C@@]23c2ccc(OC)cc2)ccc1O. The van der Waals surface area contributed by atoms with Crippen molar-refractivity contribution in [3.05, 3.63) is 123 Å². The van der Waals surface area contributed by atoms with Gasteiger partial charge in [0.25, 0.3) is 11.8 Å². The molecule has 2 aliphatic heterocycles. The molecule has 4 aromatic rings. The highest BCUT2D eigenvalue weighted by atomic mass is 35.5. The van der Waals surface area contributed by atoms with Crippen LogP contribution in [0.15, 0.2) is 96.6 Å². The summed E-state index contributed by atoms with van der Waals surface area (Å²) in [6.45, 7) is 2.05. The molecule has 276 valence electrons. The Bertz CT molecular complexity index is 2250. The summed E-state index contributed by atoms with van der Waals surface area (Å²) < 4.78 is 11.3. The van der Waals surface area contributed by atoms with Crippen LogP contribution in [-0.4, -0.2) is 47.5 Å². The van der Waals surface area contributed by atoms with Crippen molar-refractivity contribution < 1.29 is 33.8 Å². The van der Waals surface area contributed by atoms with E-state index < -0.39 is 46.8 Å². The van der Waals surface area contributed by atoms with Gasteiger partial charge in [0, 0.05) is 16.0 Å². The van der Waals surface area contributed by atoms with E-state index in [-0.39, 0.29) is 53.5 Å². The zero-order valence-corrected chi connectivity index (χ0v) is 31.4. The number of nitrogens with one attached hydrogen (secondary N) is 1. The summed E-state index contributed by atoms with van der Waals surface area (Å²) >= 11 is 18.9. The predicted octanol–water partition coefficient (Wildman–Crippen LogP) is 7.95. The van der Waals surface area contributed by atoms with Gasteiger partial charge in [-0.15, -0.1) is 0 Å². The molecule has 2 heterocycles. The number of nitrogens with zero attached hydrogens (tertiary/aromatic N) is 2. The van der Waals surface area contributed by atoms with Crippen molar-refractivity contribution in [3.63, 3.8) is 0 Å². The van der Waals surface area contributed by atoms with Gasteiger partial charge < -0.3 is 14.6 Å². The van der Waals surface area contributed by atoms with Gasteiger partial charge in [0.05, 0.1) is 53.3 Å². The van der Waals surface area contributed by atoms with E-state index >= 15 is 4.79 Å². The zero-order valence-electron chi connectivity index (χ0n) is 29.1. The highest BCUT2D eigenvalue weighted by Gasteiger charge is 2.70. The number of phenolic OH excluding ortho intramolecular Hbond substituents is 1. The van der Waals surface area contributed by atoms with E-state index in [1.54, 1.807) is 79.7 Å². The molecule has 4 aromatic carbocycles. The number of hydrogen-bond acceptors (Lipinski definition) is 8. The smallest absolute Gasteiger partial charge is 0.260 e. The number of phenols is 1. The van der Waals surface area contributed by atoms with Crippen molar-refractivity contribution in [2.24, 2.45) is 23.7 Å². The molecule has 2 N–H and O–H groups in total. The maximum Gasteiger partial charge on any atom is 0.260 e. The number of imide groups is 2. The Balaban J connectivity index is 1.34. The van der Waals surface area contributed by atoms with Crippen LogP contribution in [0.5, 0.6) is 17.2 Å². The fourth-order valence-corrected chi connectivity index (χ4v) is 9.62. The highest BCUT2D eigenvalue weighted by molar-refractivity contribution is 6.36. The lowest BCUT2D eigenvalue weighted by Gasteiger charge is -2.50. The number of carbonyl (C=O) groups excluding carboxylic acids is 4. The number of fused-ring (bicyclic) bond motifs is 4. The lowest BCUT2D eigenvalue weighted by molar-refractivity contribution is -0.138. The number of rotatable bonds is 8. The van der Waals surface area contributed by atoms with Crippen LogP contribution in [0.1, 0.15) is 36.8 Å². The van der Waals surface area contributed by atoms with Crippen LogP contribution in [0.2, 0.25) is 15.1 Å². The average molecular weight is 787 g/mol. The minimum Gasteiger partial charge on any atom is -0.504 e. The van der Waals surface area contributed by atoms with E-state index in [1.807, 2.05) is 6.08 Å². The third kappa shape index (κ3) is 5.45. The van der Waals surface area contributed by atoms with Gasteiger partial charge in [-0.3, -0.25) is 29.5 Å². The summed E-state index contributed by atoms with van der Waals surface area (Å²) in [5, 5.41) is 12.8. The fourth-order valence-electron chi connectivity index (χ4n) is 9.04. The first kappa shape index (κ1) is 36.0. The molecule has 13 heteroatoms. The molecule has 10 nitrogen and oxygen atoms in total. The van der Waals surface area contributed by atoms with Crippen LogP contribution in [-0.2, 0) is 24.6 Å². The van der Waals surface area contributed by atoms with Gasteiger partial charge in [-0.05, 0) is 104 Å². The molecule has 8 rings (SSSR count). The lowest BCUT2D eigenvalue weighted by Crippen LogP contribution is -2.53. The molecule has 2 aliphatic carbocycles. The van der Waals surface area contributed by atoms with Gasteiger partial charge >= 0.3 is 0 Å². The summed E-state index contributed by atoms with van der Waals surface area (Å²) in [4.78, 5) is 60.2. The Kier molecular flexibility index (Phi) is 9.11. The van der Waals surface area contributed by atoms with Crippen LogP contribution in [0.3, 0.4) is 0 Å². The molecule has 6 atom stereocenters. The second-order valence-electron chi connectivity index (χ2n) is 13.9. The lowest BCUT2D eigenvalue weighted by atomic mass is 9.49. The molecular weight excluding hydrogens is 753 g/mol. The Morgan fingerprint density at radius 3 is 2.26 bits per heavy atom. The molecule has 2 saturated heterocycles. The highest BCUT2D eigenvalue weighted by Crippen LogP contribution is 2.64. The van der Waals surface area contributed by atoms with Crippen LogP contribution in [0.4, 0.5) is 11.4 Å². The first-order valence-corrected chi connectivity index (χ1v) is 18.7. The zero-order chi connectivity index (χ0) is 38.1. The van der Waals surface area contributed by atoms with Gasteiger partial charge in [0.15, 0.2) is 11.5 Å². The number of hydrazine groups is 1. The summed E-state index contributed by atoms with van der Waals surface area (Å²) in [6, 6.07) is 23.2. The third-order valence-corrected chi connectivity index (χ3v) is 12.1. The number of amides is 4. The van der Waals surface area contributed by atoms with Crippen molar-refractivity contribution in [1.29, 1.82) is 0 Å². The quantitative estimate of drug-likeness (QED) is 0.136. The molecule has 4 aliphatic rings. The Labute approximate surface area is 326 Å². The molecule has 0 aromatic heterocycles. The molecular formula is C41H34Cl3N3O7. The largest absolute Gasteiger partial charge is 0.504 e. The molecule has 0 bridgehead atoms. The van der Waals surface area contributed by atoms with Crippen LogP contribution in [0.25, 0.3) is 0 Å². The van der Waals surface area contributed by atoms with Crippen LogP contribution < -0.4 is 19.8 Å². The van der Waals surface area contributed by atoms with Gasteiger partial charge in [0.2, 0.25) is 11.8 Å². The standard InChI is InChI=1S/C41H34Cl3N3O7/c1-3-54-34-18-21(4-17-33(34)48)36-27-14-15-28-35(39(51)46(37(28)49)25-10-7-23(42)8-11-25)29(27)20-30-38(50)47(45-32-16-9-24(43)19-31(32)44)40(52)41(30,36)22-5-12-26(53-2)13-6-22/h4-14,16-19,28-30,35-36,45,48H,3,15,20H2,1-2H3/t28-,29+,30-,35-,36-,41+/m0/s1. The molecule has 4 amide bonds. The third-order valence-electron chi connectivity index (χ3n) is 11.3. The Morgan fingerprint density at radius 1 is 0.852 bits per heavy atom. The second kappa shape index (κ2) is 13.7. The van der Waals surface area contributed by atoms with Crippen molar-refractivity contribution >= 4 is 69.8 Å². The summed E-state index contributed by atoms with van der Waals surface area (Å²) in [7, 11) is 1.54. The fraction of sp³-hybridized carbons (Fsp3) is 0.268. The Hall–Kier alpha value is -5.03. The number of ether oxygens (including phenoxy) is 2. The van der Waals surface area contributed by atoms with Crippen LogP contribution in [0, 0.1) is 23.7 Å². The normalized spacial score (nSPS) is 25.9. The molecule has 0 unspecified atom stereocenters. The van der Waals surface area contributed by atoms with Gasteiger partial charge in [-0.2, -0.15) is 5.01 Å². The molecule has 0 spiro atoms. The van der Waals surface area contributed by atoms with E-state index in [9.17, 15) is 19.5 Å². The second-order valence-corrected chi connectivity index (χ2v) is 15.1. The van der Waals surface area contributed by atoms with Crippen molar-refractivity contribution in [2.45, 2.75) is 31.1 Å². The van der Waals surface area contributed by atoms with Crippen molar-refractivity contribution in [2.75, 3.05) is 24.0 Å². The van der Waals surface area contributed by atoms with Gasteiger partial charge in [-0.1, -0.05) is 64.7 Å². The number of halogens is 3. The van der Waals surface area contributed by atoms with E-state index in [1.165, 1.54) is 24.1 Å². The van der Waals surface area contributed by atoms with E-state index in [0.29, 0.717) is 32.6 Å².